The number of phosphoric ester groups is 1. The number of para-hydroxylation sites is 2. The van der Waals surface area contributed by atoms with Gasteiger partial charge in [0.15, 0.2) is 17.9 Å². The van der Waals surface area contributed by atoms with E-state index in [1.54, 1.807) is 84.9 Å². The number of carbonyl (C=O) groups is 6. The third-order valence-corrected chi connectivity index (χ3v) is 27.7. The number of rotatable bonds is 91. The summed E-state index contributed by atoms with van der Waals surface area (Å²) in [5.41, 5.74) is -2.14. The summed E-state index contributed by atoms with van der Waals surface area (Å²) in [5, 5.41) is 32.0. The second-order valence-electron chi connectivity index (χ2n) is 38.5. The lowest BCUT2D eigenvalue weighted by atomic mass is 9.75. The number of aliphatic hydroxyl groups excluding tert-OH is 2. The van der Waals surface area contributed by atoms with Crippen LogP contribution in [-0.2, 0) is 72.9 Å². The summed E-state index contributed by atoms with van der Waals surface area (Å²) in [4.78, 5) is 90.2. The molecule has 3 aromatic carbocycles. The molecule has 21 heteroatoms. The fourth-order valence-electron chi connectivity index (χ4n) is 18.4. The third-order valence-electron chi connectivity index (χ3n) is 26.4. The zero-order valence-electron chi connectivity index (χ0n) is 84.8. The number of hydrogen-bond acceptors (Lipinski definition) is 18. The fraction of sp³-hybridized carbons (Fsp3) is 0.786. The van der Waals surface area contributed by atoms with E-state index in [-0.39, 0.29) is 62.5 Å². The number of carbonyl (C=O) groups excluding carboxylic acids is 6. The van der Waals surface area contributed by atoms with Gasteiger partial charge in [-0.05, 0) is 100 Å². The number of aliphatic hydroxyl groups is 2. The van der Waals surface area contributed by atoms with Gasteiger partial charge in [-0.25, -0.2) is 4.57 Å². The Morgan fingerprint density at radius 3 is 0.985 bits per heavy atom. The molecule has 20 nitrogen and oxygen atoms in total. The molecule has 0 bridgehead atoms. The average molecular weight is 1880 g/mol. The Labute approximate surface area is 808 Å². The second-order valence-corrected chi connectivity index (χ2v) is 40.0. The van der Waals surface area contributed by atoms with E-state index in [1.807, 2.05) is 6.07 Å². The van der Waals surface area contributed by atoms with E-state index in [9.17, 15) is 29.4 Å². The Kier molecular flexibility index (Phi) is 71.8. The van der Waals surface area contributed by atoms with Crippen LogP contribution in [-0.4, -0.2) is 107 Å². The van der Waals surface area contributed by atoms with Crippen molar-refractivity contribution >= 4 is 43.5 Å². The first kappa shape index (κ1) is 119. The van der Waals surface area contributed by atoms with Gasteiger partial charge in [0.05, 0.1) is 32.5 Å². The van der Waals surface area contributed by atoms with Crippen molar-refractivity contribution in [2.24, 2.45) is 0 Å². The Bertz CT molecular complexity index is 3310. The molecule has 0 radical (unpaired) electrons. The van der Waals surface area contributed by atoms with Gasteiger partial charge in [0.1, 0.15) is 35.9 Å². The van der Waals surface area contributed by atoms with Crippen molar-refractivity contribution in [2.75, 3.05) is 13.2 Å². The van der Waals surface area contributed by atoms with Crippen LogP contribution in [0.5, 0.6) is 11.5 Å². The molecule has 8 atom stereocenters. The van der Waals surface area contributed by atoms with Crippen LogP contribution in [0.1, 0.15) is 503 Å². The third kappa shape index (κ3) is 57.3. The van der Waals surface area contributed by atoms with Crippen molar-refractivity contribution in [2.45, 2.75) is 552 Å². The van der Waals surface area contributed by atoms with Crippen LogP contribution >= 0.6 is 7.82 Å². The van der Waals surface area contributed by atoms with Crippen LogP contribution in [0.3, 0.4) is 0 Å². The van der Waals surface area contributed by atoms with Crippen LogP contribution in [0.4, 0.5) is 0 Å². The SMILES string of the molecule is CCCCCCCCCCCCCC(=O)O[C@H](CCCCCCCCCCC)CC(=O)NCCCC1(NC(=O)C[C@@H](CCCCCCCCCCC)OC(=O)CCCCCCCCCCCCC)[C@@H](O)O[C@H](CO)[C@@H](OP(=O)(Oc2ccccc2)Oc2ccccc2)[C@]1(OCc1ccccc1)OC(=O)C[C@@H](CCCCCCCCCCC)OC(=O)CCCCCCCCCCCCC. The molecule has 0 spiro atoms. The van der Waals surface area contributed by atoms with Gasteiger partial charge in [-0.2, -0.15) is 0 Å². The van der Waals surface area contributed by atoms with Gasteiger partial charge in [0.2, 0.25) is 11.8 Å². The number of nitrogens with one attached hydrogen (secondary N) is 2. The van der Waals surface area contributed by atoms with Crippen LogP contribution in [0.2, 0.25) is 0 Å². The number of esters is 4. The van der Waals surface area contributed by atoms with Gasteiger partial charge in [0.25, 0.3) is 5.79 Å². The average Bonchev–Trinajstić information content (AvgIpc) is 0.705. The van der Waals surface area contributed by atoms with Gasteiger partial charge < -0.3 is 58.3 Å². The van der Waals surface area contributed by atoms with Gasteiger partial charge >= 0.3 is 31.7 Å². The van der Waals surface area contributed by atoms with E-state index < -0.39 is 118 Å². The van der Waals surface area contributed by atoms with Crippen LogP contribution in [0.25, 0.3) is 0 Å². The zero-order chi connectivity index (χ0) is 95.9. The number of hydrogen-bond donors (Lipinski definition) is 4. The molecule has 1 aliphatic heterocycles. The largest absolute Gasteiger partial charge is 0.588 e. The first-order chi connectivity index (χ1) is 65.0. The molecule has 1 heterocycles. The summed E-state index contributed by atoms with van der Waals surface area (Å²) < 4.78 is 76.7. The zero-order valence-corrected chi connectivity index (χ0v) is 85.7. The summed E-state index contributed by atoms with van der Waals surface area (Å²) >= 11 is 0. The lowest BCUT2D eigenvalue weighted by molar-refractivity contribution is -0.395. The van der Waals surface area contributed by atoms with Crippen molar-refractivity contribution in [1.82, 2.24) is 10.6 Å². The molecule has 133 heavy (non-hydrogen) atoms. The summed E-state index contributed by atoms with van der Waals surface area (Å²) in [6.07, 6.45) is 55.1. The lowest BCUT2D eigenvalue weighted by Crippen LogP contribution is -2.82. The highest BCUT2D eigenvalue weighted by atomic mass is 31.2. The maximum Gasteiger partial charge on any atom is 0.588 e. The number of unbranched alkanes of at least 4 members (excludes halogenated alkanes) is 54. The lowest BCUT2D eigenvalue weighted by Gasteiger charge is -2.58. The van der Waals surface area contributed by atoms with E-state index >= 15 is 14.2 Å². The fourth-order valence-corrected chi connectivity index (χ4v) is 19.8. The number of benzene rings is 3. The van der Waals surface area contributed by atoms with Crippen molar-refractivity contribution in [1.29, 1.82) is 0 Å². The Hall–Kier alpha value is -5.89. The van der Waals surface area contributed by atoms with Crippen LogP contribution < -0.4 is 19.7 Å². The Morgan fingerprint density at radius 1 is 0.368 bits per heavy atom. The van der Waals surface area contributed by atoms with Gasteiger partial charge in [-0.3, -0.25) is 33.3 Å². The molecule has 2 amide bonds. The van der Waals surface area contributed by atoms with Gasteiger partial charge in [-0.15, -0.1) is 0 Å². The number of amides is 2. The second kappa shape index (κ2) is 80.0. The molecule has 0 aliphatic carbocycles. The Morgan fingerprint density at radius 2 is 0.662 bits per heavy atom. The molecule has 0 aromatic heterocycles. The molecule has 1 aliphatic rings. The topological polar surface area (TPSA) is 267 Å². The number of ether oxygens (including phenoxy) is 6. The number of phosphoric acid groups is 1. The van der Waals surface area contributed by atoms with Gasteiger partial charge in [0, 0.05) is 25.8 Å². The predicted octanol–water partition coefficient (Wildman–Crippen LogP) is 30.3. The quantitative estimate of drug-likeness (QED) is 0.0134. The van der Waals surface area contributed by atoms with E-state index in [4.69, 9.17) is 42.0 Å². The predicted molar refractivity (Wildman–Crippen MR) is 540 cm³/mol. The Balaban J connectivity index is 1.97. The molecule has 0 saturated carbocycles. The highest BCUT2D eigenvalue weighted by molar-refractivity contribution is 7.49. The van der Waals surface area contributed by atoms with E-state index in [2.05, 4.69) is 52.2 Å². The van der Waals surface area contributed by atoms with Gasteiger partial charge in [-0.1, -0.05) is 455 Å². The maximum absolute atomic E-state index is 16.5. The van der Waals surface area contributed by atoms with E-state index in [0.29, 0.717) is 50.5 Å². The molecule has 3 aromatic rings. The molecule has 1 fully saturated rings. The van der Waals surface area contributed by atoms with E-state index in [1.165, 1.54) is 173 Å². The van der Waals surface area contributed by atoms with Crippen molar-refractivity contribution in [3.63, 3.8) is 0 Å². The molecule has 4 rings (SSSR count). The molecular formula is C112H191N2O18P. The molecule has 762 valence electrons. The van der Waals surface area contributed by atoms with Crippen molar-refractivity contribution in [3.8, 4) is 11.5 Å². The minimum atomic E-state index is -5.29. The molecule has 1 saturated heterocycles. The maximum atomic E-state index is 16.5. The highest BCUT2D eigenvalue weighted by Crippen LogP contribution is 2.57. The summed E-state index contributed by atoms with van der Waals surface area (Å²) in [5.74, 6) is -6.55. The minimum absolute atomic E-state index is 0.0158. The molecule has 4 N–H and O–H groups in total. The van der Waals surface area contributed by atoms with Crippen LogP contribution in [0.15, 0.2) is 91.0 Å². The molecule has 1 unspecified atom stereocenters. The standard InChI is InChI=1S/C112H191N2O18P/c1-7-13-19-25-31-37-40-46-52-58-73-86-105(118)125-99(83-66-55-49-43-34-28-22-16-10-4)91-103(116)113-90-76-89-111(114-104(117)92-100(84-67-56-50-44-35-29-23-17-11-5)126-106(119)87-74-59-53-47-41-38-32-26-20-14-8-2)110(122)128-102(94-115)109(132-133(123,130-97-79-69-62-70-80-97)131-98-81-71-63-72-82-98)112(111,124-95-96-77-64-61-65-78-96)129-108(121)93-101(85-68-57-51-45-36-30-24-18-12-6)127-107(120)88-75-60-54-48-42-39-33-27-21-15-9-3/h61-65,69-72,77-82,99-102,109-110,115,122H,7-60,66-68,73-76,83-95H2,1-6H3,(H,113,116)(H,114,117)/t99-,100-,101-,102-,109-,110+,111?,112+/m1/s1. The minimum Gasteiger partial charge on any atom is -0.462 e. The monoisotopic (exact) mass is 1880 g/mol. The van der Waals surface area contributed by atoms with Crippen LogP contribution in [0, 0.1) is 0 Å². The van der Waals surface area contributed by atoms with E-state index in [0.717, 1.165) is 180 Å². The van der Waals surface area contributed by atoms with Crippen molar-refractivity contribution in [3.05, 3.63) is 96.6 Å². The van der Waals surface area contributed by atoms with Crippen molar-refractivity contribution < 1.29 is 85.5 Å². The first-order valence-corrected chi connectivity index (χ1v) is 56.3. The highest BCUT2D eigenvalue weighted by Gasteiger charge is 2.72. The smallest absolute Gasteiger partial charge is 0.462 e. The normalized spacial score (nSPS) is 16.8. The first-order valence-electron chi connectivity index (χ1n) is 54.8. The summed E-state index contributed by atoms with van der Waals surface area (Å²) in [6, 6.07) is 25.2. The summed E-state index contributed by atoms with van der Waals surface area (Å²) in [7, 11) is -5.29. The molecular weight excluding hydrogens is 1690 g/mol. The summed E-state index contributed by atoms with van der Waals surface area (Å²) in [6.45, 7) is 11.7.